The highest BCUT2D eigenvalue weighted by Crippen LogP contribution is 2.41. The summed E-state index contributed by atoms with van der Waals surface area (Å²) in [5.74, 6) is 1.86. The highest BCUT2D eigenvalue weighted by molar-refractivity contribution is 6.09. The fourth-order valence-electron chi connectivity index (χ4n) is 7.37. The van der Waals surface area contributed by atoms with Crippen LogP contribution in [-0.2, 0) is 0 Å². The molecule has 0 saturated carbocycles. The smallest absolute Gasteiger partial charge is 0.164 e. The Morgan fingerprint density at radius 2 is 0.745 bits per heavy atom. The Morgan fingerprint density at radius 3 is 1.33 bits per heavy atom. The molecule has 0 aliphatic carbocycles. The van der Waals surface area contributed by atoms with Gasteiger partial charge >= 0.3 is 0 Å². The van der Waals surface area contributed by atoms with Gasteiger partial charge in [0.25, 0.3) is 0 Å². The Balaban J connectivity index is 1.20. The maximum Gasteiger partial charge on any atom is 0.164 e. The van der Waals surface area contributed by atoms with Gasteiger partial charge in [-0.1, -0.05) is 188 Å². The Morgan fingerprint density at radius 1 is 0.327 bits per heavy atom. The van der Waals surface area contributed by atoms with Crippen LogP contribution in [0.5, 0.6) is 0 Å². The van der Waals surface area contributed by atoms with Crippen molar-refractivity contribution in [2.45, 2.75) is 0 Å². The van der Waals surface area contributed by atoms with E-state index < -0.39 is 0 Å². The van der Waals surface area contributed by atoms with E-state index in [0.717, 1.165) is 72.2 Å². The molecule has 0 bridgehead atoms. The molecular weight excluding hydrogens is 671 g/mol. The summed E-state index contributed by atoms with van der Waals surface area (Å²) in [5, 5.41) is 7.52. The zero-order valence-electron chi connectivity index (χ0n) is 29.8. The summed E-state index contributed by atoms with van der Waals surface area (Å²) >= 11 is 0. The first-order valence-electron chi connectivity index (χ1n) is 18.4. The second-order valence-corrected chi connectivity index (χ2v) is 13.5. The highest BCUT2D eigenvalue weighted by atomic mass is 15.2. The summed E-state index contributed by atoms with van der Waals surface area (Å²) in [6, 6.07) is 69.2. The molecule has 3 heterocycles. The molecule has 0 aliphatic rings. The van der Waals surface area contributed by atoms with Crippen molar-refractivity contribution in [2.24, 2.45) is 0 Å². The topological polar surface area (TPSA) is 56.0 Å². The number of aromatic nitrogens is 5. The monoisotopic (exact) mass is 703 g/mol. The molecule has 0 amide bonds. The summed E-state index contributed by atoms with van der Waals surface area (Å²) in [4.78, 5) is 15.2. The lowest BCUT2D eigenvalue weighted by molar-refractivity contribution is 0.979. The highest BCUT2D eigenvalue weighted by Gasteiger charge is 2.22. The molecule has 5 nitrogen and oxygen atoms in total. The van der Waals surface area contributed by atoms with Crippen molar-refractivity contribution < 1.29 is 0 Å². The number of pyridine rings is 1. The summed E-state index contributed by atoms with van der Waals surface area (Å²) in [7, 11) is 0. The quantitative estimate of drug-likeness (QED) is 0.166. The van der Waals surface area contributed by atoms with E-state index in [1.807, 2.05) is 48.5 Å². The zero-order valence-corrected chi connectivity index (χ0v) is 29.8. The first-order valence-corrected chi connectivity index (χ1v) is 18.4. The largest absolute Gasteiger partial charge is 0.231 e. The van der Waals surface area contributed by atoms with Gasteiger partial charge < -0.3 is 0 Å². The normalized spacial score (nSPS) is 11.3. The van der Waals surface area contributed by atoms with Gasteiger partial charge in [0.2, 0.25) is 0 Å². The lowest BCUT2D eigenvalue weighted by atomic mass is 9.96. The van der Waals surface area contributed by atoms with Gasteiger partial charge in [-0.2, -0.15) is 5.10 Å². The molecule has 0 saturated heterocycles. The number of rotatable bonds is 7. The molecule has 0 fully saturated rings. The molecule has 10 rings (SSSR count). The Hall–Kier alpha value is -7.50. The molecule has 10 aromatic rings. The van der Waals surface area contributed by atoms with Gasteiger partial charge in [0.05, 0.1) is 11.2 Å². The van der Waals surface area contributed by atoms with Crippen LogP contribution < -0.4 is 0 Å². The van der Waals surface area contributed by atoms with Crippen LogP contribution in [0.2, 0.25) is 0 Å². The summed E-state index contributed by atoms with van der Waals surface area (Å²) in [6.45, 7) is 0. The predicted octanol–water partition coefficient (Wildman–Crippen LogP) is 12.3. The molecule has 258 valence electrons. The van der Waals surface area contributed by atoms with Crippen molar-refractivity contribution in [2.75, 3.05) is 0 Å². The van der Waals surface area contributed by atoms with Crippen LogP contribution in [0.15, 0.2) is 200 Å². The van der Waals surface area contributed by atoms with E-state index in [4.69, 9.17) is 20.1 Å². The van der Waals surface area contributed by atoms with Gasteiger partial charge in [0, 0.05) is 38.8 Å². The van der Waals surface area contributed by atoms with Gasteiger partial charge in [-0.15, -0.1) is 0 Å². The van der Waals surface area contributed by atoms with E-state index in [1.165, 1.54) is 5.56 Å². The second kappa shape index (κ2) is 13.8. The third-order valence-corrected chi connectivity index (χ3v) is 10.1. The van der Waals surface area contributed by atoms with Gasteiger partial charge in [-0.25, -0.2) is 19.5 Å². The molecule has 55 heavy (non-hydrogen) atoms. The molecule has 7 aromatic carbocycles. The first-order chi connectivity index (χ1) is 27.3. The zero-order chi connectivity index (χ0) is 36.6. The van der Waals surface area contributed by atoms with E-state index >= 15 is 0 Å². The van der Waals surface area contributed by atoms with Crippen LogP contribution in [0.4, 0.5) is 0 Å². The fraction of sp³-hybridized carbons (Fsp3) is 0. The number of nitrogens with zero attached hydrogens (tertiary/aromatic N) is 5. The van der Waals surface area contributed by atoms with Gasteiger partial charge in [0.1, 0.15) is 5.69 Å². The maximum atomic E-state index is 5.37. The van der Waals surface area contributed by atoms with E-state index in [2.05, 4.69) is 156 Å². The minimum Gasteiger partial charge on any atom is -0.231 e. The molecule has 0 N–H and O–H groups in total. The van der Waals surface area contributed by atoms with Crippen molar-refractivity contribution >= 4 is 16.3 Å². The molecular formula is C50H33N5. The molecule has 3 aromatic heterocycles. The Bertz CT molecular complexity index is 2930. The minimum absolute atomic E-state index is 0.612. The molecule has 0 unspecified atom stereocenters. The lowest BCUT2D eigenvalue weighted by Gasteiger charge is -2.13. The van der Waals surface area contributed by atoms with E-state index in [-0.39, 0.29) is 0 Å². The average Bonchev–Trinajstić information content (AvgIpc) is 3.68. The number of hydrogen-bond acceptors (Lipinski definition) is 4. The van der Waals surface area contributed by atoms with Crippen LogP contribution in [-0.4, -0.2) is 24.6 Å². The Kier molecular flexibility index (Phi) is 8.08. The fourth-order valence-corrected chi connectivity index (χ4v) is 7.37. The van der Waals surface area contributed by atoms with Gasteiger partial charge in [-0.05, 0) is 34.2 Å². The Labute approximate surface area is 318 Å². The van der Waals surface area contributed by atoms with Crippen LogP contribution in [0, 0.1) is 0 Å². The van der Waals surface area contributed by atoms with Crippen LogP contribution in [0.25, 0.3) is 95.2 Å². The number of hydrogen-bond donors (Lipinski definition) is 0. The van der Waals surface area contributed by atoms with Crippen molar-refractivity contribution in [1.82, 2.24) is 24.6 Å². The maximum absolute atomic E-state index is 5.37. The van der Waals surface area contributed by atoms with Crippen molar-refractivity contribution in [3.63, 3.8) is 0 Å². The van der Waals surface area contributed by atoms with Crippen molar-refractivity contribution in [1.29, 1.82) is 0 Å². The van der Waals surface area contributed by atoms with Crippen molar-refractivity contribution in [3.8, 4) is 78.9 Å². The van der Waals surface area contributed by atoms with Crippen LogP contribution in [0.1, 0.15) is 0 Å². The molecule has 0 spiro atoms. The van der Waals surface area contributed by atoms with Crippen LogP contribution in [0.3, 0.4) is 0 Å². The molecule has 0 aliphatic heterocycles. The average molecular weight is 704 g/mol. The molecule has 5 heteroatoms. The summed E-state index contributed by atoms with van der Waals surface area (Å²) in [6.07, 6.45) is 0. The summed E-state index contributed by atoms with van der Waals surface area (Å²) in [5.41, 5.74) is 12.4. The van der Waals surface area contributed by atoms with Gasteiger partial charge in [-0.3, -0.25) is 0 Å². The third kappa shape index (κ3) is 6.04. The standard InChI is InChI=1S/C50H33N5/c1-6-16-34(17-7-1)35-26-28-40(29-27-35)49-51-48(39-24-14-5-15-25-39)52-50(53-49)41-30-31-43-42(32-41)33-44(36-18-8-2-9-19-36)55-47(43)45(37-20-10-3-11-21-37)46(54-55)38-22-12-4-13-23-38/h1-33H. The van der Waals surface area contributed by atoms with E-state index in [9.17, 15) is 0 Å². The number of fused-ring (bicyclic) bond motifs is 3. The SMILES string of the molecule is c1ccc(-c2ccc(-c3nc(-c4ccccc4)nc(-c4ccc5c(c4)cc(-c4ccccc4)n4nc(-c6ccccc6)c(-c6ccccc6)c54)n3)cc2)cc1. The number of benzene rings is 7. The van der Waals surface area contributed by atoms with E-state index in [1.54, 1.807) is 0 Å². The third-order valence-electron chi connectivity index (χ3n) is 10.1. The van der Waals surface area contributed by atoms with Crippen LogP contribution >= 0.6 is 0 Å². The molecule has 0 radical (unpaired) electrons. The van der Waals surface area contributed by atoms with Crippen molar-refractivity contribution in [3.05, 3.63) is 200 Å². The van der Waals surface area contributed by atoms with Gasteiger partial charge in [0.15, 0.2) is 17.5 Å². The minimum atomic E-state index is 0.612. The lowest BCUT2D eigenvalue weighted by Crippen LogP contribution is -2.00. The summed E-state index contributed by atoms with van der Waals surface area (Å²) < 4.78 is 2.12. The van der Waals surface area contributed by atoms with E-state index in [0.29, 0.717) is 17.5 Å². The predicted molar refractivity (Wildman–Crippen MR) is 224 cm³/mol. The first kappa shape index (κ1) is 32.2. The second-order valence-electron chi connectivity index (χ2n) is 13.5. The molecule has 0 atom stereocenters.